The van der Waals surface area contributed by atoms with E-state index in [0.29, 0.717) is 0 Å². The summed E-state index contributed by atoms with van der Waals surface area (Å²) in [6.45, 7) is 4.21. The molecule has 1 heterocycles. The van der Waals surface area contributed by atoms with Crippen molar-refractivity contribution >= 4 is 5.82 Å². The smallest absolute Gasteiger partial charge is 0.130 e. The Bertz CT molecular complexity index is 386. The highest BCUT2D eigenvalue weighted by Crippen LogP contribution is 2.32. The Labute approximate surface area is 102 Å². The normalized spacial score (nSPS) is 18.3. The Hall–Kier alpha value is -1.16. The second-order valence-corrected chi connectivity index (χ2v) is 4.93. The maximum absolute atomic E-state index is 9.57. The van der Waals surface area contributed by atoms with Gasteiger partial charge in [0.05, 0.1) is 12.1 Å². The number of nitrogens with zero attached hydrogens (tertiary/aromatic N) is 2. The topological polar surface area (TPSA) is 58.0 Å². The van der Waals surface area contributed by atoms with Crippen LogP contribution in [0.3, 0.4) is 0 Å². The number of rotatable bonds is 4. The third kappa shape index (κ3) is 2.75. The summed E-state index contributed by atoms with van der Waals surface area (Å²) in [5.74, 6) is 1.71. The fourth-order valence-electron chi connectivity index (χ4n) is 2.50. The van der Waals surface area contributed by atoms with E-state index in [1.807, 2.05) is 13.0 Å². The van der Waals surface area contributed by atoms with Crippen LogP contribution in [0.2, 0.25) is 0 Å². The molecule has 94 valence electrons. The second-order valence-electron chi connectivity index (χ2n) is 4.93. The first-order valence-electron chi connectivity index (χ1n) is 6.41. The van der Waals surface area contributed by atoms with E-state index >= 15 is 0 Å². The number of aliphatic hydroxyl groups excluding tert-OH is 1. The van der Waals surface area contributed by atoms with Crippen molar-refractivity contribution < 1.29 is 5.11 Å². The van der Waals surface area contributed by atoms with Crippen molar-refractivity contribution in [2.45, 2.75) is 51.5 Å². The molecule has 2 N–H and O–H groups in total. The van der Waals surface area contributed by atoms with E-state index in [1.165, 1.54) is 12.8 Å². The molecule has 1 fully saturated rings. The zero-order valence-electron chi connectivity index (χ0n) is 10.7. The Balaban J connectivity index is 2.19. The van der Waals surface area contributed by atoms with Gasteiger partial charge in [0, 0.05) is 18.2 Å². The van der Waals surface area contributed by atoms with Crippen LogP contribution in [0.15, 0.2) is 6.07 Å². The molecule has 0 unspecified atom stereocenters. The van der Waals surface area contributed by atoms with Crippen molar-refractivity contribution in [3.63, 3.8) is 0 Å². The first-order chi connectivity index (χ1) is 8.17. The van der Waals surface area contributed by atoms with Crippen LogP contribution < -0.4 is 5.32 Å². The van der Waals surface area contributed by atoms with Gasteiger partial charge in [-0.05, 0) is 19.8 Å². The molecule has 0 amide bonds. The van der Waals surface area contributed by atoms with Gasteiger partial charge in [-0.25, -0.2) is 9.97 Å². The van der Waals surface area contributed by atoms with Crippen LogP contribution in [0.1, 0.15) is 44.1 Å². The average molecular weight is 235 g/mol. The Morgan fingerprint density at radius 2 is 2.06 bits per heavy atom. The molecule has 1 aliphatic carbocycles. The van der Waals surface area contributed by atoms with E-state index < -0.39 is 0 Å². The average Bonchev–Trinajstić information content (AvgIpc) is 2.77. The van der Waals surface area contributed by atoms with Crippen LogP contribution in [0.5, 0.6) is 0 Å². The maximum Gasteiger partial charge on any atom is 0.130 e. The predicted molar refractivity (Wildman–Crippen MR) is 68.1 cm³/mol. The molecule has 0 atom stereocenters. The standard InChI is InChI=1S/C13H21N3O/c1-3-11-14-10(2)8-12(15-11)16-13(9-17)6-4-5-7-13/h8,17H,3-7,9H2,1-2H3,(H,14,15,16). The molecule has 1 aromatic heterocycles. The molecule has 1 saturated carbocycles. The number of nitrogens with one attached hydrogen (secondary N) is 1. The van der Waals surface area contributed by atoms with Gasteiger partial charge in [-0.15, -0.1) is 0 Å². The fraction of sp³-hybridized carbons (Fsp3) is 0.692. The van der Waals surface area contributed by atoms with Crippen molar-refractivity contribution in [2.24, 2.45) is 0 Å². The number of anilines is 1. The molecule has 0 radical (unpaired) electrons. The van der Waals surface area contributed by atoms with Crippen molar-refractivity contribution in [3.05, 3.63) is 17.6 Å². The summed E-state index contributed by atoms with van der Waals surface area (Å²) in [5.41, 5.74) is 0.816. The third-order valence-corrected chi connectivity index (χ3v) is 3.47. The number of aryl methyl sites for hydroxylation is 2. The molecule has 0 bridgehead atoms. The van der Waals surface area contributed by atoms with Gasteiger partial charge >= 0.3 is 0 Å². The fourth-order valence-corrected chi connectivity index (χ4v) is 2.50. The third-order valence-electron chi connectivity index (χ3n) is 3.47. The number of hydrogen-bond acceptors (Lipinski definition) is 4. The van der Waals surface area contributed by atoms with E-state index in [-0.39, 0.29) is 12.1 Å². The number of aliphatic hydroxyl groups is 1. The maximum atomic E-state index is 9.57. The van der Waals surface area contributed by atoms with E-state index in [0.717, 1.165) is 36.6 Å². The molecular formula is C13H21N3O. The first kappa shape index (κ1) is 12.3. The van der Waals surface area contributed by atoms with Crippen molar-refractivity contribution in [2.75, 3.05) is 11.9 Å². The molecule has 4 heteroatoms. The number of aromatic nitrogens is 2. The highest BCUT2D eigenvalue weighted by atomic mass is 16.3. The lowest BCUT2D eigenvalue weighted by Gasteiger charge is -2.28. The minimum atomic E-state index is -0.161. The Morgan fingerprint density at radius 1 is 1.35 bits per heavy atom. The Morgan fingerprint density at radius 3 is 2.65 bits per heavy atom. The molecule has 0 aromatic carbocycles. The molecule has 4 nitrogen and oxygen atoms in total. The molecule has 2 rings (SSSR count). The molecule has 0 spiro atoms. The molecule has 17 heavy (non-hydrogen) atoms. The van der Waals surface area contributed by atoms with E-state index in [9.17, 15) is 5.11 Å². The predicted octanol–water partition coefficient (Wildman–Crippen LogP) is 2.06. The zero-order chi connectivity index (χ0) is 12.3. The van der Waals surface area contributed by atoms with Crippen molar-refractivity contribution in [3.8, 4) is 0 Å². The molecule has 1 aliphatic rings. The summed E-state index contributed by atoms with van der Waals surface area (Å²) in [4.78, 5) is 8.84. The van der Waals surface area contributed by atoms with E-state index in [2.05, 4.69) is 22.2 Å². The van der Waals surface area contributed by atoms with E-state index in [4.69, 9.17) is 0 Å². The van der Waals surface area contributed by atoms with E-state index in [1.54, 1.807) is 0 Å². The summed E-state index contributed by atoms with van der Waals surface area (Å²) in [7, 11) is 0. The second kappa shape index (κ2) is 5.00. The highest BCUT2D eigenvalue weighted by molar-refractivity contribution is 5.39. The van der Waals surface area contributed by atoms with Crippen LogP contribution in [-0.4, -0.2) is 27.2 Å². The largest absolute Gasteiger partial charge is 0.394 e. The Kier molecular flexibility index (Phi) is 3.62. The highest BCUT2D eigenvalue weighted by Gasteiger charge is 2.33. The van der Waals surface area contributed by atoms with Crippen LogP contribution in [-0.2, 0) is 6.42 Å². The van der Waals surface area contributed by atoms with Crippen molar-refractivity contribution in [1.82, 2.24) is 9.97 Å². The molecule has 0 saturated heterocycles. The van der Waals surface area contributed by atoms with Gasteiger partial charge in [-0.3, -0.25) is 0 Å². The summed E-state index contributed by atoms with van der Waals surface area (Å²) in [6, 6.07) is 1.95. The lowest BCUT2D eigenvalue weighted by Crippen LogP contribution is -2.39. The van der Waals surface area contributed by atoms with Gasteiger partial charge in [0.1, 0.15) is 11.6 Å². The summed E-state index contributed by atoms with van der Waals surface area (Å²) < 4.78 is 0. The molecule has 0 aliphatic heterocycles. The summed E-state index contributed by atoms with van der Waals surface area (Å²) >= 11 is 0. The minimum absolute atomic E-state index is 0.161. The minimum Gasteiger partial charge on any atom is -0.394 e. The lowest BCUT2D eigenvalue weighted by molar-refractivity contribution is 0.213. The summed E-state index contributed by atoms with van der Waals surface area (Å²) in [5, 5.41) is 13.0. The van der Waals surface area contributed by atoms with Crippen LogP contribution >= 0.6 is 0 Å². The van der Waals surface area contributed by atoms with Gasteiger partial charge < -0.3 is 10.4 Å². The van der Waals surface area contributed by atoms with Crippen LogP contribution in [0.25, 0.3) is 0 Å². The van der Waals surface area contributed by atoms with Crippen LogP contribution in [0, 0.1) is 6.92 Å². The monoisotopic (exact) mass is 235 g/mol. The molecule has 1 aromatic rings. The SMILES string of the molecule is CCc1nc(C)cc(NC2(CO)CCCC2)n1. The van der Waals surface area contributed by atoms with Gasteiger partial charge in [0.15, 0.2) is 0 Å². The van der Waals surface area contributed by atoms with Gasteiger partial charge in [0.25, 0.3) is 0 Å². The van der Waals surface area contributed by atoms with Gasteiger partial charge in [0.2, 0.25) is 0 Å². The van der Waals surface area contributed by atoms with Crippen LogP contribution in [0.4, 0.5) is 5.82 Å². The number of hydrogen-bond donors (Lipinski definition) is 2. The zero-order valence-corrected chi connectivity index (χ0v) is 10.7. The lowest BCUT2D eigenvalue weighted by atomic mass is 9.99. The van der Waals surface area contributed by atoms with Gasteiger partial charge in [-0.2, -0.15) is 0 Å². The van der Waals surface area contributed by atoms with Gasteiger partial charge in [-0.1, -0.05) is 19.8 Å². The summed E-state index contributed by atoms with van der Waals surface area (Å²) in [6.07, 6.45) is 5.24. The quantitative estimate of drug-likeness (QED) is 0.838. The van der Waals surface area contributed by atoms with Crippen molar-refractivity contribution in [1.29, 1.82) is 0 Å². The molecular weight excluding hydrogens is 214 g/mol. The first-order valence-corrected chi connectivity index (χ1v) is 6.41.